The molecule has 4 aromatic rings. The number of hydrogen-bond acceptors (Lipinski definition) is 0. The first kappa shape index (κ1) is 20.9. The Kier molecular flexibility index (Phi) is 5.03. The van der Waals surface area contributed by atoms with E-state index in [2.05, 4.69) is 146 Å². The minimum Gasteiger partial charge on any atom is -0.0623 e. The average Bonchev–Trinajstić information content (AvgIpc) is 2.93. The molecule has 0 aliphatic heterocycles. The quantitative estimate of drug-likeness (QED) is 0.247. The molecule has 36 heavy (non-hydrogen) atoms. The zero-order chi connectivity index (χ0) is 23.9. The van der Waals surface area contributed by atoms with Crippen LogP contribution in [0.25, 0.3) is 11.1 Å². The van der Waals surface area contributed by atoms with Gasteiger partial charge < -0.3 is 0 Å². The van der Waals surface area contributed by atoms with Gasteiger partial charge in [-0.05, 0) is 55.7 Å². The third-order valence-corrected chi connectivity index (χ3v) is 7.76. The molecule has 0 saturated carbocycles. The van der Waals surface area contributed by atoms with Crippen molar-refractivity contribution in [3.05, 3.63) is 190 Å². The van der Waals surface area contributed by atoms with Crippen LogP contribution in [-0.2, 0) is 0 Å². The molecule has 0 heterocycles. The molecular formula is C36H26. The molecule has 0 amide bonds. The molecule has 0 radical (unpaired) electrons. The van der Waals surface area contributed by atoms with E-state index in [0.717, 1.165) is 0 Å². The molecule has 0 saturated heterocycles. The first-order valence-corrected chi connectivity index (χ1v) is 12.7. The highest BCUT2D eigenvalue weighted by molar-refractivity contribution is 5.91. The van der Waals surface area contributed by atoms with E-state index in [0.29, 0.717) is 0 Å². The van der Waals surface area contributed by atoms with Crippen LogP contribution in [0, 0.1) is 0 Å². The van der Waals surface area contributed by atoms with Gasteiger partial charge >= 0.3 is 0 Å². The second-order valence-corrected chi connectivity index (χ2v) is 9.62. The Bertz CT molecular complexity index is 1410. The Balaban J connectivity index is 1.63. The predicted octanol–water partition coefficient (Wildman–Crippen LogP) is 8.82. The summed E-state index contributed by atoms with van der Waals surface area (Å²) >= 11 is 0. The first-order chi connectivity index (χ1) is 17.9. The Morgan fingerprint density at radius 2 is 0.583 bits per heavy atom. The molecule has 4 aromatic carbocycles. The van der Waals surface area contributed by atoms with Gasteiger partial charge in [-0.15, -0.1) is 0 Å². The van der Waals surface area contributed by atoms with Crippen molar-refractivity contribution < 1.29 is 0 Å². The second-order valence-electron chi connectivity index (χ2n) is 9.62. The van der Waals surface area contributed by atoms with Gasteiger partial charge in [-0.25, -0.2) is 0 Å². The molecular weight excluding hydrogens is 432 g/mol. The molecule has 0 fully saturated rings. The molecule has 0 N–H and O–H groups in total. The van der Waals surface area contributed by atoms with Crippen molar-refractivity contribution in [1.82, 2.24) is 0 Å². The lowest BCUT2D eigenvalue weighted by molar-refractivity contribution is 0.678. The number of fused-ring (bicyclic) bond motifs is 7. The van der Waals surface area contributed by atoms with E-state index in [-0.39, 0.29) is 11.8 Å². The zero-order valence-corrected chi connectivity index (χ0v) is 20.0. The standard InChI is InChI=1S/C36H26/c1-2-4-6-16-26-29-19-9-13-23-33(29)36(34-24-14-10-20-30(26)34)35-31-21-11-7-17-27(31)25(15-5-3-1)28-18-8-12-22-32(28)35/h1-24,35-36H. The lowest BCUT2D eigenvalue weighted by Crippen LogP contribution is -2.24. The largest absolute Gasteiger partial charge is 0.0623 e. The SMILES string of the molecule is C1=CC=CC=C2c3ccccc3C(c3ccccc32)C2c3ccccc3C(=CC=C1)c1ccccc12. The highest BCUT2D eigenvalue weighted by Gasteiger charge is 2.39. The molecule has 4 bridgehead atoms. The van der Waals surface area contributed by atoms with Crippen LogP contribution < -0.4 is 0 Å². The lowest BCUT2D eigenvalue weighted by atomic mass is 9.63. The Labute approximate surface area is 213 Å². The van der Waals surface area contributed by atoms with Crippen LogP contribution in [0.5, 0.6) is 0 Å². The van der Waals surface area contributed by atoms with Crippen molar-refractivity contribution in [3.8, 4) is 0 Å². The number of allylic oxidation sites excluding steroid dienone is 8. The molecule has 3 aliphatic rings. The monoisotopic (exact) mass is 458 g/mol. The van der Waals surface area contributed by atoms with E-state index in [4.69, 9.17) is 0 Å². The Hall–Kier alpha value is -4.42. The number of hydrogen-bond donors (Lipinski definition) is 0. The second kappa shape index (κ2) is 8.66. The van der Waals surface area contributed by atoms with E-state index >= 15 is 0 Å². The summed E-state index contributed by atoms with van der Waals surface area (Å²) in [5.74, 6) is 0.455. The third kappa shape index (κ3) is 3.22. The maximum atomic E-state index is 2.34. The molecule has 7 rings (SSSR count). The number of rotatable bonds is 0. The smallest absolute Gasteiger partial charge is 0.0211 e. The third-order valence-electron chi connectivity index (χ3n) is 7.76. The Morgan fingerprint density at radius 1 is 0.306 bits per heavy atom. The van der Waals surface area contributed by atoms with Crippen LogP contribution in [-0.4, -0.2) is 0 Å². The van der Waals surface area contributed by atoms with Crippen LogP contribution >= 0.6 is 0 Å². The van der Waals surface area contributed by atoms with Crippen molar-refractivity contribution in [2.45, 2.75) is 11.8 Å². The van der Waals surface area contributed by atoms with Gasteiger partial charge in [0, 0.05) is 11.8 Å². The van der Waals surface area contributed by atoms with Crippen molar-refractivity contribution in [2.75, 3.05) is 0 Å². The van der Waals surface area contributed by atoms with Gasteiger partial charge in [0.25, 0.3) is 0 Å². The topological polar surface area (TPSA) is 0 Å². The minimum atomic E-state index is 0.228. The maximum Gasteiger partial charge on any atom is 0.0211 e. The molecule has 0 nitrogen and oxygen atoms in total. The van der Waals surface area contributed by atoms with E-state index in [9.17, 15) is 0 Å². The summed E-state index contributed by atoms with van der Waals surface area (Å²) in [6, 6.07) is 36.1. The van der Waals surface area contributed by atoms with Gasteiger partial charge in [-0.2, -0.15) is 0 Å². The first-order valence-electron chi connectivity index (χ1n) is 12.7. The fraction of sp³-hybridized carbons (Fsp3) is 0.0556. The van der Waals surface area contributed by atoms with Crippen LogP contribution in [0.3, 0.4) is 0 Å². The number of benzene rings is 4. The summed E-state index contributed by atoms with van der Waals surface area (Å²) < 4.78 is 0. The van der Waals surface area contributed by atoms with Gasteiger partial charge in [0.05, 0.1) is 0 Å². The van der Waals surface area contributed by atoms with Gasteiger partial charge in [0.2, 0.25) is 0 Å². The average molecular weight is 459 g/mol. The summed E-state index contributed by atoms with van der Waals surface area (Å²) in [4.78, 5) is 0. The zero-order valence-electron chi connectivity index (χ0n) is 20.0. The van der Waals surface area contributed by atoms with E-state index < -0.39 is 0 Å². The van der Waals surface area contributed by atoms with Gasteiger partial charge in [0.15, 0.2) is 0 Å². The molecule has 0 unspecified atom stereocenters. The van der Waals surface area contributed by atoms with Crippen LogP contribution in [0.4, 0.5) is 0 Å². The van der Waals surface area contributed by atoms with Crippen molar-refractivity contribution in [3.63, 3.8) is 0 Å². The highest BCUT2D eigenvalue weighted by atomic mass is 14.4. The van der Waals surface area contributed by atoms with Crippen molar-refractivity contribution in [1.29, 1.82) is 0 Å². The summed E-state index contributed by atoms with van der Waals surface area (Å²) in [6.45, 7) is 0. The predicted molar refractivity (Wildman–Crippen MR) is 151 cm³/mol. The van der Waals surface area contributed by atoms with Crippen molar-refractivity contribution >= 4 is 11.1 Å². The van der Waals surface area contributed by atoms with Crippen LogP contribution in [0.15, 0.2) is 146 Å². The summed E-state index contributed by atoms with van der Waals surface area (Å²) in [7, 11) is 0. The van der Waals surface area contributed by atoms with E-state index in [1.807, 2.05) is 0 Å². The summed E-state index contributed by atoms with van der Waals surface area (Å²) in [5.41, 5.74) is 13.5. The molecule has 0 spiro atoms. The van der Waals surface area contributed by atoms with E-state index in [1.165, 1.54) is 55.7 Å². The van der Waals surface area contributed by atoms with Crippen LogP contribution in [0.1, 0.15) is 56.3 Å². The molecule has 0 heteroatoms. The molecule has 0 aromatic heterocycles. The molecule has 0 atom stereocenters. The molecule has 3 aliphatic carbocycles. The van der Waals surface area contributed by atoms with Gasteiger partial charge in [0.1, 0.15) is 0 Å². The van der Waals surface area contributed by atoms with E-state index in [1.54, 1.807) is 0 Å². The fourth-order valence-corrected chi connectivity index (χ4v) is 6.32. The minimum absolute atomic E-state index is 0.228. The summed E-state index contributed by atoms with van der Waals surface area (Å²) in [6.07, 6.45) is 17.3. The molecule has 170 valence electrons. The van der Waals surface area contributed by atoms with Gasteiger partial charge in [-0.1, -0.05) is 146 Å². The fourth-order valence-electron chi connectivity index (χ4n) is 6.32. The lowest BCUT2D eigenvalue weighted by Gasteiger charge is -2.40. The van der Waals surface area contributed by atoms with Gasteiger partial charge in [-0.3, -0.25) is 0 Å². The normalized spacial score (nSPS) is 19.1. The summed E-state index contributed by atoms with van der Waals surface area (Å²) in [5, 5.41) is 0. The maximum absolute atomic E-state index is 2.34. The highest BCUT2D eigenvalue weighted by Crippen LogP contribution is 2.55. The Morgan fingerprint density at radius 3 is 0.917 bits per heavy atom. The van der Waals surface area contributed by atoms with Crippen molar-refractivity contribution in [2.24, 2.45) is 0 Å². The van der Waals surface area contributed by atoms with Crippen LogP contribution in [0.2, 0.25) is 0 Å².